The minimum Gasteiger partial charge on any atom is -0.463 e. The van der Waals surface area contributed by atoms with Crippen LogP contribution in [-0.4, -0.2) is 17.6 Å². The van der Waals surface area contributed by atoms with E-state index in [4.69, 9.17) is 4.42 Å². The molecule has 5 heteroatoms. The van der Waals surface area contributed by atoms with Crippen molar-refractivity contribution in [3.05, 3.63) is 45.0 Å². The zero-order chi connectivity index (χ0) is 17.0. The number of rotatable bonds is 7. The number of nitrogens with one attached hydrogen (secondary N) is 1. The van der Waals surface area contributed by atoms with Crippen molar-refractivity contribution in [2.45, 2.75) is 52.6 Å². The summed E-state index contributed by atoms with van der Waals surface area (Å²) in [4.78, 5) is 14.6. The summed E-state index contributed by atoms with van der Waals surface area (Å²) in [5.74, 6) is 1.17. The summed E-state index contributed by atoms with van der Waals surface area (Å²) in [5.41, 5.74) is 0.142. The van der Waals surface area contributed by atoms with Gasteiger partial charge in [-0.2, -0.15) is 0 Å². The van der Waals surface area contributed by atoms with Gasteiger partial charge >= 0.3 is 0 Å². The Morgan fingerprint density at radius 1 is 1.35 bits per heavy atom. The van der Waals surface area contributed by atoms with E-state index in [1.54, 1.807) is 30.4 Å². The Kier molecular flexibility index (Phi) is 5.65. The molecule has 0 aliphatic heterocycles. The molecule has 2 heterocycles. The first kappa shape index (κ1) is 17.8. The fraction of sp³-hybridized carbons (Fsp3) is 0.500. The second-order valence-corrected chi connectivity index (χ2v) is 7.71. The molecule has 2 N–H and O–H groups in total. The molecule has 23 heavy (non-hydrogen) atoms. The van der Waals surface area contributed by atoms with Crippen molar-refractivity contribution in [1.29, 1.82) is 0 Å². The molecule has 0 radical (unpaired) electrons. The Bertz CT molecular complexity index is 670. The monoisotopic (exact) mass is 335 g/mol. The van der Waals surface area contributed by atoms with Crippen LogP contribution in [0.15, 0.2) is 22.6 Å². The summed E-state index contributed by atoms with van der Waals surface area (Å²) in [7, 11) is 0. The fourth-order valence-corrected chi connectivity index (χ4v) is 3.52. The zero-order valence-electron chi connectivity index (χ0n) is 14.2. The highest BCUT2D eigenvalue weighted by Crippen LogP contribution is 2.23. The molecule has 2 aromatic heterocycles. The molecule has 0 bridgehead atoms. The van der Waals surface area contributed by atoms with Gasteiger partial charge in [0.25, 0.3) is 0 Å². The Balaban J connectivity index is 1.75. The minimum atomic E-state index is -1.19. The van der Waals surface area contributed by atoms with E-state index in [1.807, 2.05) is 6.92 Å². The first-order valence-electron chi connectivity index (χ1n) is 7.90. The highest BCUT2D eigenvalue weighted by Gasteiger charge is 2.27. The summed E-state index contributed by atoms with van der Waals surface area (Å²) in [5, 5.41) is 13.2. The van der Waals surface area contributed by atoms with E-state index in [0.717, 1.165) is 18.6 Å². The van der Waals surface area contributed by atoms with Crippen LogP contribution in [0.5, 0.6) is 0 Å². The summed E-state index contributed by atoms with van der Waals surface area (Å²) in [6, 6.07) is 5.74. The molecular formula is C18H25NO3S. The van der Waals surface area contributed by atoms with Crippen LogP contribution in [-0.2, 0) is 16.8 Å². The van der Waals surface area contributed by atoms with Crippen LogP contribution in [0.3, 0.4) is 0 Å². The van der Waals surface area contributed by atoms with Crippen molar-refractivity contribution in [3.63, 3.8) is 0 Å². The molecule has 0 saturated carbocycles. The first-order valence-corrected chi connectivity index (χ1v) is 8.71. The predicted molar refractivity (Wildman–Crippen MR) is 92.8 cm³/mol. The molecule has 1 amide bonds. The van der Waals surface area contributed by atoms with Crippen molar-refractivity contribution in [2.24, 2.45) is 0 Å². The second kappa shape index (κ2) is 7.32. The van der Waals surface area contributed by atoms with Gasteiger partial charge in [-0.1, -0.05) is 0 Å². The number of hydrogen-bond acceptors (Lipinski definition) is 4. The third kappa shape index (κ3) is 4.94. The van der Waals surface area contributed by atoms with Gasteiger partial charge in [-0.3, -0.25) is 4.79 Å². The van der Waals surface area contributed by atoms with E-state index >= 15 is 0 Å². The molecule has 2 rings (SSSR count). The number of carbonyl (C=O) groups excluding carboxylic acids is 1. The molecule has 0 aliphatic rings. The van der Waals surface area contributed by atoms with Crippen LogP contribution >= 0.6 is 11.3 Å². The summed E-state index contributed by atoms with van der Waals surface area (Å²) < 4.78 is 5.43. The lowest BCUT2D eigenvalue weighted by atomic mass is 10.0. The van der Waals surface area contributed by atoms with Gasteiger partial charge in [0.2, 0.25) is 5.91 Å². The largest absolute Gasteiger partial charge is 0.463 e. The van der Waals surface area contributed by atoms with E-state index < -0.39 is 5.60 Å². The Morgan fingerprint density at radius 3 is 2.65 bits per heavy atom. The maximum atomic E-state index is 12.0. The van der Waals surface area contributed by atoms with E-state index in [1.165, 1.54) is 15.3 Å². The van der Waals surface area contributed by atoms with Crippen molar-refractivity contribution < 1.29 is 14.3 Å². The third-order valence-corrected chi connectivity index (χ3v) is 4.90. The highest BCUT2D eigenvalue weighted by molar-refractivity contribution is 7.12. The molecule has 0 saturated heterocycles. The molecule has 4 nitrogen and oxygen atoms in total. The van der Waals surface area contributed by atoms with Crippen molar-refractivity contribution >= 4 is 17.2 Å². The number of thiophene rings is 1. The fourth-order valence-electron chi connectivity index (χ4n) is 2.54. The SMILES string of the molecule is Cc1ccc(C(C)(O)CNC(=O)CCCc2cc(C)sc2C)o1. The van der Waals surface area contributed by atoms with Crippen LogP contribution in [0.1, 0.15) is 46.6 Å². The van der Waals surface area contributed by atoms with Crippen LogP contribution in [0.2, 0.25) is 0 Å². The summed E-state index contributed by atoms with van der Waals surface area (Å²) in [6.45, 7) is 7.84. The zero-order valence-corrected chi connectivity index (χ0v) is 15.0. The van der Waals surface area contributed by atoms with Crippen LogP contribution in [0.4, 0.5) is 0 Å². The van der Waals surface area contributed by atoms with Gasteiger partial charge in [0.15, 0.2) is 0 Å². The van der Waals surface area contributed by atoms with Gasteiger partial charge in [0.05, 0.1) is 6.54 Å². The van der Waals surface area contributed by atoms with Gasteiger partial charge in [0.1, 0.15) is 17.1 Å². The van der Waals surface area contributed by atoms with Crippen molar-refractivity contribution in [2.75, 3.05) is 6.54 Å². The van der Waals surface area contributed by atoms with E-state index in [2.05, 4.69) is 25.2 Å². The van der Waals surface area contributed by atoms with Crippen molar-refractivity contribution in [3.8, 4) is 0 Å². The lowest BCUT2D eigenvalue weighted by molar-refractivity contribution is -0.122. The van der Waals surface area contributed by atoms with Crippen molar-refractivity contribution in [1.82, 2.24) is 5.32 Å². The first-order chi connectivity index (χ1) is 10.8. The Morgan fingerprint density at radius 2 is 2.09 bits per heavy atom. The van der Waals surface area contributed by atoms with E-state index in [0.29, 0.717) is 12.2 Å². The lowest BCUT2D eigenvalue weighted by Gasteiger charge is -2.21. The average molecular weight is 335 g/mol. The van der Waals surface area contributed by atoms with Crippen LogP contribution in [0, 0.1) is 20.8 Å². The number of amides is 1. The summed E-state index contributed by atoms with van der Waals surface area (Å²) >= 11 is 1.80. The van der Waals surface area contributed by atoms with Crippen LogP contribution in [0.25, 0.3) is 0 Å². The molecule has 126 valence electrons. The molecule has 2 aromatic rings. The number of carbonyl (C=O) groups is 1. The van der Waals surface area contributed by atoms with Gasteiger partial charge in [-0.05, 0) is 64.3 Å². The highest BCUT2D eigenvalue weighted by atomic mass is 32.1. The number of aryl methyl sites for hydroxylation is 4. The van der Waals surface area contributed by atoms with Gasteiger partial charge in [0, 0.05) is 16.2 Å². The maximum absolute atomic E-state index is 12.0. The number of hydrogen-bond donors (Lipinski definition) is 2. The Labute approximate surface area is 141 Å². The lowest BCUT2D eigenvalue weighted by Crippen LogP contribution is -2.38. The molecule has 0 spiro atoms. The maximum Gasteiger partial charge on any atom is 0.220 e. The van der Waals surface area contributed by atoms with Gasteiger partial charge in [-0.15, -0.1) is 11.3 Å². The molecule has 0 aliphatic carbocycles. The van der Waals surface area contributed by atoms with Gasteiger partial charge in [-0.25, -0.2) is 0 Å². The predicted octanol–water partition coefficient (Wildman–Crippen LogP) is 3.61. The standard InChI is InChI=1S/C18H25NO3S/c1-12-8-9-16(22-12)18(4,21)11-19-17(20)7-5-6-15-10-13(2)23-14(15)3/h8-10,21H,5-7,11H2,1-4H3,(H,19,20). The third-order valence-electron chi connectivity index (χ3n) is 3.89. The molecule has 1 atom stereocenters. The number of furan rings is 1. The number of aliphatic hydroxyl groups is 1. The normalized spacial score (nSPS) is 13.8. The second-order valence-electron chi connectivity index (χ2n) is 6.25. The topological polar surface area (TPSA) is 62.5 Å². The molecule has 1 unspecified atom stereocenters. The molecular weight excluding hydrogens is 310 g/mol. The van der Waals surface area contributed by atoms with E-state index in [9.17, 15) is 9.90 Å². The average Bonchev–Trinajstić information content (AvgIpc) is 3.03. The minimum absolute atomic E-state index is 0.0434. The van der Waals surface area contributed by atoms with Gasteiger partial charge < -0.3 is 14.8 Å². The quantitative estimate of drug-likeness (QED) is 0.812. The summed E-state index contributed by atoms with van der Waals surface area (Å²) in [6.07, 6.45) is 2.18. The Hall–Kier alpha value is -1.59. The molecule has 0 fully saturated rings. The molecule has 0 aromatic carbocycles. The van der Waals surface area contributed by atoms with E-state index in [-0.39, 0.29) is 12.5 Å². The smallest absolute Gasteiger partial charge is 0.220 e. The van der Waals surface area contributed by atoms with Crippen LogP contribution < -0.4 is 5.32 Å².